The lowest BCUT2D eigenvalue weighted by atomic mass is 9.70. The molecule has 1 aromatic carbocycles. The fourth-order valence-corrected chi connectivity index (χ4v) is 1.08. The Morgan fingerprint density at radius 3 is 2.73 bits per heavy atom. The Morgan fingerprint density at radius 1 is 1.36 bits per heavy atom. The molecule has 1 radical (unpaired) electrons. The summed E-state index contributed by atoms with van der Waals surface area (Å²) < 4.78 is 0. The van der Waals surface area contributed by atoms with E-state index < -0.39 is 0 Å². The van der Waals surface area contributed by atoms with E-state index >= 15 is 0 Å². The first kappa shape index (κ1) is 8.06. The summed E-state index contributed by atoms with van der Waals surface area (Å²) in [5.74, 6) is 0. The van der Waals surface area contributed by atoms with Gasteiger partial charge in [-0.25, -0.2) is 0 Å². The van der Waals surface area contributed by atoms with Crippen LogP contribution in [0.2, 0.25) is 0 Å². The number of hydrogen-bond acceptors (Lipinski definition) is 1. The first-order valence-electron chi connectivity index (χ1n) is 3.66. The Bertz CT molecular complexity index is 268. The highest BCUT2D eigenvalue weighted by atomic mass is 16.1. The van der Waals surface area contributed by atoms with Crippen LogP contribution in [0.4, 0.5) is 0 Å². The first-order chi connectivity index (χ1) is 5.25. The minimum Gasteiger partial charge on any atom is -0.304 e. The zero-order valence-electron chi connectivity index (χ0n) is 6.85. The van der Waals surface area contributed by atoms with Crippen LogP contribution in [0.5, 0.6) is 0 Å². The van der Waals surface area contributed by atoms with Crippen molar-refractivity contribution in [3.63, 3.8) is 0 Å². The molecule has 0 saturated heterocycles. The molecular formula is C9H10BO. The first-order valence-corrected chi connectivity index (χ1v) is 3.66. The largest absolute Gasteiger partial charge is 0.304 e. The Morgan fingerprint density at radius 2 is 2.09 bits per heavy atom. The van der Waals surface area contributed by atoms with Crippen molar-refractivity contribution < 1.29 is 4.79 Å². The second kappa shape index (κ2) is 3.38. The van der Waals surface area contributed by atoms with E-state index in [2.05, 4.69) is 0 Å². The van der Waals surface area contributed by atoms with Crippen molar-refractivity contribution in [3.8, 4) is 0 Å². The molecule has 0 aliphatic heterocycles. The number of rotatable bonds is 2. The fraction of sp³-hybridized carbons (Fsp3) is 0.222. The van der Waals surface area contributed by atoms with E-state index in [1.165, 1.54) is 11.1 Å². The van der Waals surface area contributed by atoms with E-state index in [1.807, 2.05) is 38.2 Å². The smallest absolute Gasteiger partial charge is 0.248 e. The molecular weight excluding hydrogens is 135 g/mol. The standard InChI is InChI=1S/C9H10BO/c1-7-4-3-5-9(8(7)2)10-6-11/h3-5,10H,1-2H3. The molecule has 0 heterocycles. The van der Waals surface area contributed by atoms with Gasteiger partial charge in [0.25, 0.3) is 0 Å². The van der Waals surface area contributed by atoms with Crippen molar-refractivity contribution >= 4 is 18.9 Å². The minimum absolute atomic E-state index is 0.410. The highest BCUT2D eigenvalue weighted by molar-refractivity contribution is 6.78. The molecule has 0 amide bonds. The summed E-state index contributed by atoms with van der Waals surface area (Å²) in [5.41, 5.74) is 3.52. The van der Waals surface area contributed by atoms with Crippen LogP contribution in [0.3, 0.4) is 0 Å². The van der Waals surface area contributed by atoms with Crippen LogP contribution in [0.25, 0.3) is 0 Å². The van der Waals surface area contributed by atoms with E-state index in [1.54, 1.807) is 0 Å². The van der Waals surface area contributed by atoms with Gasteiger partial charge in [0.2, 0.25) is 7.28 Å². The van der Waals surface area contributed by atoms with E-state index in [9.17, 15) is 4.79 Å². The SMILES string of the molecule is Cc1cccc(B[C]=O)c1C. The average molecular weight is 145 g/mol. The molecule has 0 aromatic heterocycles. The van der Waals surface area contributed by atoms with Crippen LogP contribution >= 0.6 is 0 Å². The lowest BCUT2D eigenvalue weighted by Crippen LogP contribution is -2.19. The number of benzene rings is 1. The number of carbonyl (C=O) groups excluding carboxylic acids is 1. The number of hydrogen-bond donors (Lipinski definition) is 0. The zero-order chi connectivity index (χ0) is 8.27. The highest BCUT2D eigenvalue weighted by Gasteiger charge is 2.00. The average Bonchev–Trinajstić information content (AvgIpc) is 1.99. The third kappa shape index (κ3) is 1.70. The van der Waals surface area contributed by atoms with E-state index in [4.69, 9.17) is 0 Å². The van der Waals surface area contributed by atoms with Crippen LogP contribution in [-0.2, 0) is 4.79 Å². The molecule has 0 atom stereocenters. The van der Waals surface area contributed by atoms with Crippen molar-refractivity contribution in [2.24, 2.45) is 0 Å². The van der Waals surface area contributed by atoms with Gasteiger partial charge in [-0.05, 0) is 19.4 Å². The maximum Gasteiger partial charge on any atom is 0.248 e. The lowest BCUT2D eigenvalue weighted by Gasteiger charge is -2.03. The monoisotopic (exact) mass is 145 g/mol. The molecule has 0 unspecified atom stereocenters. The predicted molar refractivity (Wildman–Crippen MR) is 48.4 cm³/mol. The Balaban J connectivity index is 3.05. The van der Waals surface area contributed by atoms with Gasteiger partial charge in [-0.3, -0.25) is 0 Å². The third-order valence-electron chi connectivity index (χ3n) is 1.98. The number of aryl methyl sites for hydroxylation is 1. The van der Waals surface area contributed by atoms with Crippen LogP contribution < -0.4 is 5.46 Å². The Hall–Kier alpha value is -1.05. The fourth-order valence-electron chi connectivity index (χ4n) is 1.08. The van der Waals surface area contributed by atoms with Crippen LogP contribution in [0, 0.1) is 13.8 Å². The zero-order valence-corrected chi connectivity index (χ0v) is 6.85. The van der Waals surface area contributed by atoms with Gasteiger partial charge in [-0.1, -0.05) is 29.2 Å². The molecule has 0 saturated carbocycles. The van der Waals surface area contributed by atoms with E-state index in [0.29, 0.717) is 7.28 Å². The van der Waals surface area contributed by atoms with Crippen molar-refractivity contribution in [2.45, 2.75) is 13.8 Å². The molecule has 2 heteroatoms. The van der Waals surface area contributed by atoms with Gasteiger partial charge in [-0.2, -0.15) is 0 Å². The second-order valence-corrected chi connectivity index (χ2v) is 2.68. The molecule has 0 aliphatic rings. The highest BCUT2D eigenvalue weighted by Crippen LogP contribution is 2.00. The van der Waals surface area contributed by atoms with Crippen molar-refractivity contribution in [1.29, 1.82) is 0 Å². The van der Waals surface area contributed by atoms with Crippen molar-refractivity contribution in [1.82, 2.24) is 0 Å². The van der Waals surface area contributed by atoms with Crippen LogP contribution in [0.1, 0.15) is 11.1 Å². The molecule has 1 aromatic rings. The quantitative estimate of drug-likeness (QED) is 0.551. The molecule has 0 N–H and O–H groups in total. The van der Waals surface area contributed by atoms with Gasteiger partial charge in [0, 0.05) is 0 Å². The molecule has 0 aliphatic carbocycles. The molecule has 1 nitrogen and oxygen atoms in total. The van der Waals surface area contributed by atoms with Gasteiger partial charge in [0.15, 0.2) is 0 Å². The molecule has 1 rings (SSSR count). The summed E-state index contributed by atoms with van der Waals surface area (Å²) >= 11 is 0. The van der Waals surface area contributed by atoms with Crippen LogP contribution in [0.15, 0.2) is 18.2 Å². The topological polar surface area (TPSA) is 17.1 Å². The maximum atomic E-state index is 10.1. The second-order valence-electron chi connectivity index (χ2n) is 2.68. The molecule has 55 valence electrons. The molecule has 11 heavy (non-hydrogen) atoms. The summed E-state index contributed by atoms with van der Waals surface area (Å²) in [4.78, 5) is 10.1. The Kier molecular flexibility index (Phi) is 2.47. The summed E-state index contributed by atoms with van der Waals surface area (Å²) in [6, 6.07) is 5.98. The predicted octanol–water partition coefficient (Wildman–Crippen LogP) is 0.432. The van der Waals surface area contributed by atoms with Crippen LogP contribution in [-0.4, -0.2) is 13.5 Å². The normalized spacial score (nSPS) is 9.27. The van der Waals surface area contributed by atoms with Crippen molar-refractivity contribution in [3.05, 3.63) is 29.3 Å². The molecule has 0 spiro atoms. The van der Waals surface area contributed by atoms with Gasteiger partial charge in [-0.15, -0.1) is 0 Å². The summed E-state index contributed by atoms with van der Waals surface area (Å²) in [5, 5.41) is 0. The molecule has 0 bridgehead atoms. The summed E-state index contributed by atoms with van der Waals surface area (Å²) in [6.07, 6.45) is 1.90. The summed E-state index contributed by atoms with van der Waals surface area (Å²) in [7, 11) is 0.410. The lowest BCUT2D eigenvalue weighted by molar-refractivity contribution is 0.568. The van der Waals surface area contributed by atoms with Gasteiger partial charge >= 0.3 is 0 Å². The maximum absolute atomic E-state index is 10.1. The minimum atomic E-state index is 0.410. The molecule has 0 fully saturated rings. The Labute approximate surface area is 67.7 Å². The van der Waals surface area contributed by atoms with Gasteiger partial charge in [0.05, 0.1) is 0 Å². The van der Waals surface area contributed by atoms with E-state index in [0.717, 1.165) is 5.46 Å². The third-order valence-corrected chi connectivity index (χ3v) is 1.98. The van der Waals surface area contributed by atoms with Gasteiger partial charge in [0.1, 0.15) is 6.19 Å². The van der Waals surface area contributed by atoms with Crippen molar-refractivity contribution in [2.75, 3.05) is 0 Å². The van der Waals surface area contributed by atoms with E-state index in [-0.39, 0.29) is 0 Å². The van der Waals surface area contributed by atoms with Gasteiger partial charge < -0.3 is 4.79 Å². The summed E-state index contributed by atoms with van der Waals surface area (Å²) in [6.45, 7) is 4.08.